The highest BCUT2D eigenvalue weighted by atomic mass is 32.2. The maximum Gasteiger partial charge on any atom is 0.335 e. The zero-order valence-electron chi connectivity index (χ0n) is 11.8. The predicted molar refractivity (Wildman–Crippen MR) is 81.9 cm³/mol. The molecule has 0 heterocycles. The molecule has 5 nitrogen and oxygen atoms in total. The first kappa shape index (κ1) is 15.9. The Bertz CT molecular complexity index is 694. The molecule has 2 aromatic rings. The lowest BCUT2D eigenvalue weighted by molar-refractivity contribution is -0.136. The second-order valence-corrected chi connectivity index (χ2v) is 5.59. The van der Waals surface area contributed by atoms with Crippen molar-refractivity contribution in [3.05, 3.63) is 53.6 Å². The van der Waals surface area contributed by atoms with E-state index in [9.17, 15) is 9.59 Å². The number of carbonyl (C=O) groups is 2. The van der Waals surface area contributed by atoms with E-state index in [0.717, 1.165) is 9.79 Å². The van der Waals surface area contributed by atoms with Crippen molar-refractivity contribution < 1.29 is 24.5 Å². The topological polar surface area (TPSA) is 83.8 Å². The van der Waals surface area contributed by atoms with Crippen LogP contribution in [0.1, 0.15) is 15.9 Å². The maximum absolute atomic E-state index is 11.0. The van der Waals surface area contributed by atoms with Gasteiger partial charge in [-0.2, -0.15) is 0 Å². The highest BCUT2D eigenvalue weighted by molar-refractivity contribution is 7.99. The van der Waals surface area contributed by atoms with Crippen LogP contribution in [-0.2, 0) is 11.2 Å². The van der Waals surface area contributed by atoms with Crippen LogP contribution in [-0.4, -0.2) is 29.3 Å². The van der Waals surface area contributed by atoms with Crippen LogP contribution in [0.3, 0.4) is 0 Å². The molecule has 0 aliphatic carbocycles. The number of hydrogen-bond acceptors (Lipinski definition) is 4. The minimum Gasteiger partial charge on any atom is -0.497 e. The van der Waals surface area contributed by atoms with Gasteiger partial charge in [0.25, 0.3) is 0 Å². The second kappa shape index (κ2) is 7.00. The number of aromatic carboxylic acids is 1. The molecule has 114 valence electrons. The number of aliphatic carboxylic acids is 1. The normalized spacial score (nSPS) is 10.2. The van der Waals surface area contributed by atoms with Crippen LogP contribution < -0.4 is 4.74 Å². The van der Waals surface area contributed by atoms with Crippen molar-refractivity contribution >= 4 is 23.7 Å². The molecular formula is C16H14O5S. The quantitative estimate of drug-likeness (QED) is 0.851. The van der Waals surface area contributed by atoms with Crippen molar-refractivity contribution in [1.82, 2.24) is 0 Å². The molecule has 0 aromatic heterocycles. The van der Waals surface area contributed by atoms with Crippen LogP contribution in [0.4, 0.5) is 0 Å². The van der Waals surface area contributed by atoms with Crippen LogP contribution in [0, 0.1) is 0 Å². The van der Waals surface area contributed by atoms with Gasteiger partial charge in [-0.15, -0.1) is 0 Å². The third-order valence-corrected chi connectivity index (χ3v) is 4.06. The summed E-state index contributed by atoms with van der Waals surface area (Å²) in [5.41, 5.74) is 0.865. The molecule has 0 bridgehead atoms. The summed E-state index contributed by atoms with van der Waals surface area (Å²) < 4.78 is 5.12. The number of rotatable bonds is 6. The van der Waals surface area contributed by atoms with E-state index in [-0.39, 0.29) is 12.0 Å². The van der Waals surface area contributed by atoms with Gasteiger partial charge in [0.1, 0.15) is 5.75 Å². The zero-order chi connectivity index (χ0) is 16.1. The molecule has 0 saturated carbocycles. The molecule has 0 unspecified atom stereocenters. The Morgan fingerprint density at radius 1 is 1.09 bits per heavy atom. The van der Waals surface area contributed by atoms with Gasteiger partial charge < -0.3 is 14.9 Å². The first-order valence-electron chi connectivity index (χ1n) is 6.39. The molecule has 0 radical (unpaired) electrons. The Hall–Kier alpha value is -2.47. The predicted octanol–water partition coefficient (Wildman–Crippen LogP) is 3.17. The Kier molecular flexibility index (Phi) is 5.06. The summed E-state index contributed by atoms with van der Waals surface area (Å²) in [6.45, 7) is 0. The smallest absolute Gasteiger partial charge is 0.335 e. The molecule has 0 atom stereocenters. The fraction of sp³-hybridized carbons (Fsp3) is 0.125. The first-order chi connectivity index (χ1) is 10.5. The van der Waals surface area contributed by atoms with Crippen molar-refractivity contribution in [1.29, 1.82) is 0 Å². The number of ether oxygens (including phenoxy) is 1. The largest absolute Gasteiger partial charge is 0.497 e. The Labute approximate surface area is 131 Å². The van der Waals surface area contributed by atoms with Crippen LogP contribution in [0.5, 0.6) is 5.75 Å². The fourth-order valence-electron chi connectivity index (χ4n) is 1.88. The van der Waals surface area contributed by atoms with Gasteiger partial charge in [0.15, 0.2) is 0 Å². The standard InChI is InChI=1S/C16H14O5S/c1-21-12-4-7-14(11(8-12)9-15(17)18)22-13-5-2-10(3-6-13)16(19)20/h2-8H,9H2,1H3,(H,17,18)(H,19,20). The Balaban J connectivity index is 2.27. The van der Waals surface area contributed by atoms with E-state index >= 15 is 0 Å². The van der Waals surface area contributed by atoms with E-state index in [2.05, 4.69) is 0 Å². The van der Waals surface area contributed by atoms with E-state index in [4.69, 9.17) is 14.9 Å². The number of hydrogen-bond donors (Lipinski definition) is 2. The Morgan fingerprint density at radius 3 is 2.32 bits per heavy atom. The van der Waals surface area contributed by atoms with Gasteiger partial charge in [0.2, 0.25) is 0 Å². The summed E-state index contributed by atoms with van der Waals surface area (Å²) in [5, 5.41) is 17.9. The molecule has 22 heavy (non-hydrogen) atoms. The van der Waals surface area contributed by atoms with Crippen molar-refractivity contribution in [2.45, 2.75) is 16.2 Å². The number of methoxy groups -OCH3 is 1. The Morgan fingerprint density at radius 2 is 1.77 bits per heavy atom. The molecule has 0 aliphatic heterocycles. The first-order valence-corrected chi connectivity index (χ1v) is 7.21. The zero-order valence-corrected chi connectivity index (χ0v) is 12.6. The lowest BCUT2D eigenvalue weighted by Crippen LogP contribution is -2.02. The summed E-state index contributed by atoms with van der Waals surface area (Å²) in [6, 6.07) is 11.7. The van der Waals surface area contributed by atoms with E-state index in [1.807, 2.05) is 0 Å². The van der Waals surface area contributed by atoms with Gasteiger partial charge in [-0.05, 0) is 48.0 Å². The summed E-state index contributed by atoms with van der Waals surface area (Å²) in [6.07, 6.45) is -0.104. The number of carboxylic acids is 2. The molecule has 2 rings (SSSR count). The number of carboxylic acid groups (broad SMARTS) is 2. The van der Waals surface area contributed by atoms with Crippen molar-refractivity contribution in [2.24, 2.45) is 0 Å². The summed E-state index contributed by atoms with van der Waals surface area (Å²) >= 11 is 1.38. The minimum absolute atomic E-state index is 0.104. The highest BCUT2D eigenvalue weighted by Gasteiger charge is 2.10. The van der Waals surface area contributed by atoms with Gasteiger partial charge >= 0.3 is 11.9 Å². The average molecular weight is 318 g/mol. The number of benzene rings is 2. The molecule has 0 aliphatic rings. The third-order valence-electron chi connectivity index (χ3n) is 2.94. The van der Waals surface area contributed by atoms with Gasteiger partial charge in [-0.25, -0.2) is 4.79 Å². The third kappa shape index (κ3) is 4.02. The molecule has 2 N–H and O–H groups in total. The lowest BCUT2D eigenvalue weighted by Gasteiger charge is -2.10. The molecule has 0 amide bonds. The van der Waals surface area contributed by atoms with E-state index < -0.39 is 11.9 Å². The molecule has 0 spiro atoms. The van der Waals surface area contributed by atoms with Crippen molar-refractivity contribution in [3.8, 4) is 5.75 Å². The molecular weight excluding hydrogens is 304 g/mol. The summed E-state index contributed by atoms with van der Waals surface area (Å²) in [7, 11) is 1.53. The van der Waals surface area contributed by atoms with Gasteiger partial charge in [0, 0.05) is 9.79 Å². The maximum atomic E-state index is 11.0. The van der Waals surface area contributed by atoms with Crippen molar-refractivity contribution in [2.75, 3.05) is 7.11 Å². The second-order valence-electron chi connectivity index (χ2n) is 4.48. The molecule has 0 saturated heterocycles. The SMILES string of the molecule is COc1ccc(Sc2ccc(C(=O)O)cc2)c(CC(=O)O)c1. The molecule has 0 fully saturated rings. The monoisotopic (exact) mass is 318 g/mol. The van der Waals surface area contributed by atoms with Gasteiger partial charge in [0.05, 0.1) is 19.1 Å². The average Bonchev–Trinajstić information content (AvgIpc) is 2.49. The molecule has 6 heteroatoms. The van der Waals surface area contributed by atoms with E-state index in [1.54, 1.807) is 30.3 Å². The van der Waals surface area contributed by atoms with Crippen LogP contribution in [0.2, 0.25) is 0 Å². The van der Waals surface area contributed by atoms with Crippen LogP contribution in [0.15, 0.2) is 52.3 Å². The highest BCUT2D eigenvalue weighted by Crippen LogP contribution is 2.33. The van der Waals surface area contributed by atoms with Gasteiger partial charge in [-0.3, -0.25) is 4.79 Å². The molecule has 2 aromatic carbocycles. The summed E-state index contributed by atoms with van der Waals surface area (Å²) in [5.74, 6) is -1.30. The van der Waals surface area contributed by atoms with Crippen LogP contribution in [0.25, 0.3) is 0 Å². The van der Waals surface area contributed by atoms with Gasteiger partial charge in [-0.1, -0.05) is 11.8 Å². The van der Waals surface area contributed by atoms with E-state index in [0.29, 0.717) is 11.3 Å². The van der Waals surface area contributed by atoms with Crippen molar-refractivity contribution in [3.63, 3.8) is 0 Å². The fourth-order valence-corrected chi connectivity index (χ4v) is 2.80. The lowest BCUT2D eigenvalue weighted by atomic mass is 10.1. The summed E-state index contributed by atoms with van der Waals surface area (Å²) in [4.78, 5) is 23.4. The van der Waals surface area contributed by atoms with E-state index in [1.165, 1.54) is 31.0 Å². The van der Waals surface area contributed by atoms with Crippen LogP contribution >= 0.6 is 11.8 Å². The minimum atomic E-state index is -0.979.